The van der Waals surface area contributed by atoms with Crippen LogP contribution in [0.3, 0.4) is 0 Å². The maximum Gasteiger partial charge on any atom is 0.322 e. The molecule has 1 aliphatic rings. The van der Waals surface area contributed by atoms with Gasteiger partial charge in [0.2, 0.25) is 10.0 Å². The quantitative estimate of drug-likeness (QED) is 0.924. The van der Waals surface area contributed by atoms with Gasteiger partial charge in [0.25, 0.3) is 0 Å². The monoisotopic (exact) mass is 331 g/mol. The second-order valence-electron chi connectivity index (χ2n) is 6.23. The van der Waals surface area contributed by atoms with E-state index in [0.29, 0.717) is 17.7 Å². The molecule has 21 heavy (non-hydrogen) atoms. The molecule has 2 rings (SSSR count). The number of hydrogen-bond donors (Lipinski definition) is 1. The summed E-state index contributed by atoms with van der Waals surface area (Å²) in [5.41, 5.74) is -0.573. The lowest BCUT2D eigenvalue weighted by atomic mass is 9.77. The Bertz CT molecular complexity index is 661. The number of aryl methyl sites for hydroxylation is 2. The first kappa shape index (κ1) is 16.5. The molecule has 1 aromatic heterocycles. The molecular formula is C14H21NO4S2. The fourth-order valence-electron chi connectivity index (χ4n) is 3.05. The molecular weight excluding hydrogens is 310 g/mol. The topological polar surface area (TPSA) is 74.7 Å². The fourth-order valence-corrected chi connectivity index (χ4v) is 6.35. The Balaban J connectivity index is 2.52. The summed E-state index contributed by atoms with van der Waals surface area (Å²) in [4.78, 5) is 13.5. The van der Waals surface area contributed by atoms with E-state index < -0.39 is 27.4 Å². The van der Waals surface area contributed by atoms with Gasteiger partial charge in [0.1, 0.15) is 6.04 Å². The van der Waals surface area contributed by atoms with Crippen LogP contribution in [0.25, 0.3) is 0 Å². The number of rotatable bonds is 3. The van der Waals surface area contributed by atoms with Gasteiger partial charge in [0.05, 0.1) is 4.90 Å². The van der Waals surface area contributed by atoms with Gasteiger partial charge < -0.3 is 5.11 Å². The normalized spacial score (nSPS) is 23.1. The van der Waals surface area contributed by atoms with Crippen molar-refractivity contribution in [1.82, 2.24) is 4.31 Å². The van der Waals surface area contributed by atoms with Gasteiger partial charge in [0, 0.05) is 16.3 Å². The number of thiophene rings is 1. The average molecular weight is 331 g/mol. The molecule has 1 aromatic rings. The number of sulfonamides is 1. The first-order chi connectivity index (χ1) is 9.57. The molecule has 0 spiro atoms. The molecule has 1 saturated heterocycles. The van der Waals surface area contributed by atoms with E-state index in [4.69, 9.17) is 0 Å². The van der Waals surface area contributed by atoms with Gasteiger partial charge in [-0.15, -0.1) is 11.3 Å². The summed E-state index contributed by atoms with van der Waals surface area (Å²) in [5.74, 6) is -1.08. The van der Waals surface area contributed by atoms with Crippen molar-refractivity contribution in [1.29, 1.82) is 0 Å². The minimum Gasteiger partial charge on any atom is -0.480 e. The van der Waals surface area contributed by atoms with Crippen LogP contribution in [-0.4, -0.2) is 36.4 Å². The molecule has 1 atom stereocenters. The fraction of sp³-hybridized carbons (Fsp3) is 0.643. The van der Waals surface area contributed by atoms with E-state index in [2.05, 4.69) is 0 Å². The molecule has 0 aliphatic carbocycles. The second-order valence-corrected chi connectivity index (χ2v) is 9.55. The number of carbonyl (C=O) groups is 1. The van der Waals surface area contributed by atoms with Gasteiger partial charge in [0.15, 0.2) is 0 Å². The lowest BCUT2D eigenvalue weighted by Crippen LogP contribution is -2.56. The Hall–Kier alpha value is -0.920. The standard InChI is InChI=1S/C14H21NO4S2/c1-9-8-11(10(2)20-9)21(18,19)15-7-5-6-14(3,4)12(15)13(16)17/h8,12H,5-7H2,1-4H3,(H,16,17). The van der Waals surface area contributed by atoms with E-state index in [1.165, 1.54) is 15.6 Å². The summed E-state index contributed by atoms with van der Waals surface area (Å²) in [6.45, 7) is 7.51. The van der Waals surface area contributed by atoms with Gasteiger partial charge in [-0.05, 0) is 38.2 Å². The molecule has 1 N–H and O–H groups in total. The van der Waals surface area contributed by atoms with Gasteiger partial charge in [-0.1, -0.05) is 13.8 Å². The van der Waals surface area contributed by atoms with E-state index >= 15 is 0 Å². The van der Waals surface area contributed by atoms with E-state index in [0.717, 1.165) is 4.88 Å². The number of carboxylic acids is 1. The molecule has 0 radical (unpaired) electrons. The van der Waals surface area contributed by atoms with Crippen LogP contribution in [0.15, 0.2) is 11.0 Å². The predicted octanol–water partition coefficient (Wildman–Crippen LogP) is 2.63. The largest absolute Gasteiger partial charge is 0.480 e. The maximum absolute atomic E-state index is 12.9. The number of aliphatic carboxylic acids is 1. The summed E-state index contributed by atoms with van der Waals surface area (Å²) in [5, 5.41) is 9.53. The van der Waals surface area contributed by atoms with E-state index in [1.54, 1.807) is 13.0 Å². The Morgan fingerprint density at radius 2 is 2.05 bits per heavy atom. The van der Waals surface area contributed by atoms with Crippen molar-refractivity contribution in [2.75, 3.05) is 6.54 Å². The number of piperidine rings is 1. The average Bonchev–Trinajstić information content (AvgIpc) is 2.67. The molecule has 2 heterocycles. The summed E-state index contributed by atoms with van der Waals surface area (Å²) < 4.78 is 27.0. The number of hydrogen-bond acceptors (Lipinski definition) is 4. The van der Waals surface area contributed by atoms with E-state index in [1.807, 2.05) is 20.8 Å². The molecule has 0 saturated carbocycles. The third kappa shape index (κ3) is 2.86. The number of carboxylic acid groups (broad SMARTS) is 1. The summed E-state index contributed by atoms with van der Waals surface area (Å²) in [6, 6.07) is 0.617. The van der Waals surface area contributed by atoms with Crippen LogP contribution in [0.1, 0.15) is 36.4 Å². The van der Waals surface area contributed by atoms with Crippen molar-refractivity contribution in [2.24, 2.45) is 5.41 Å². The predicted molar refractivity (Wildman–Crippen MR) is 82.1 cm³/mol. The van der Waals surface area contributed by atoms with Crippen LogP contribution in [0, 0.1) is 19.3 Å². The molecule has 1 unspecified atom stereocenters. The van der Waals surface area contributed by atoms with Crippen molar-refractivity contribution in [2.45, 2.75) is 51.5 Å². The van der Waals surface area contributed by atoms with Crippen LogP contribution in [-0.2, 0) is 14.8 Å². The highest BCUT2D eigenvalue weighted by Crippen LogP contribution is 2.39. The highest BCUT2D eigenvalue weighted by molar-refractivity contribution is 7.89. The lowest BCUT2D eigenvalue weighted by Gasteiger charge is -2.42. The summed E-state index contributed by atoms with van der Waals surface area (Å²) in [7, 11) is -3.77. The Morgan fingerprint density at radius 3 is 2.52 bits per heavy atom. The van der Waals surface area contributed by atoms with E-state index in [9.17, 15) is 18.3 Å². The van der Waals surface area contributed by atoms with Crippen molar-refractivity contribution < 1.29 is 18.3 Å². The Labute approximate surface area is 129 Å². The van der Waals surface area contributed by atoms with Gasteiger partial charge in [-0.25, -0.2) is 8.42 Å². The van der Waals surface area contributed by atoms with Crippen LogP contribution >= 0.6 is 11.3 Å². The third-order valence-electron chi connectivity index (χ3n) is 4.04. The first-order valence-corrected chi connectivity index (χ1v) is 9.15. The lowest BCUT2D eigenvalue weighted by molar-refractivity contribution is -0.147. The molecule has 0 amide bonds. The second kappa shape index (κ2) is 5.37. The minimum atomic E-state index is -3.77. The van der Waals surface area contributed by atoms with Crippen LogP contribution in [0.4, 0.5) is 0 Å². The zero-order valence-corrected chi connectivity index (χ0v) is 14.3. The van der Waals surface area contributed by atoms with Crippen LogP contribution in [0.2, 0.25) is 0 Å². The maximum atomic E-state index is 12.9. The Morgan fingerprint density at radius 1 is 1.43 bits per heavy atom. The van der Waals surface area contributed by atoms with Crippen molar-refractivity contribution >= 4 is 27.3 Å². The van der Waals surface area contributed by atoms with Crippen molar-refractivity contribution in [3.63, 3.8) is 0 Å². The molecule has 118 valence electrons. The van der Waals surface area contributed by atoms with Gasteiger partial charge >= 0.3 is 5.97 Å². The van der Waals surface area contributed by atoms with Crippen LogP contribution in [0.5, 0.6) is 0 Å². The highest BCUT2D eigenvalue weighted by atomic mass is 32.2. The minimum absolute atomic E-state index is 0.244. The van der Waals surface area contributed by atoms with E-state index in [-0.39, 0.29) is 11.4 Å². The molecule has 0 bridgehead atoms. The molecule has 1 aliphatic heterocycles. The van der Waals surface area contributed by atoms with Gasteiger partial charge in [-0.3, -0.25) is 4.79 Å². The van der Waals surface area contributed by atoms with Crippen molar-refractivity contribution in [3.05, 3.63) is 15.8 Å². The third-order valence-corrected chi connectivity index (χ3v) is 7.13. The van der Waals surface area contributed by atoms with Crippen molar-refractivity contribution in [3.8, 4) is 0 Å². The smallest absolute Gasteiger partial charge is 0.322 e. The van der Waals surface area contributed by atoms with Gasteiger partial charge in [-0.2, -0.15) is 4.31 Å². The summed E-state index contributed by atoms with van der Waals surface area (Å²) >= 11 is 1.42. The summed E-state index contributed by atoms with van der Waals surface area (Å²) in [6.07, 6.45) is 1.38. The highest BCUT2D eigenvalue weighted by Gasteiger charge is 2.48. The zero-order valence-electron chi connectivity index (χ0n) is 12.7. The SMILES string of the molecule is Cc1cc(S(=O)(=O)N2CCCC(C)(C)C2C(=O)O)c(C)s1. The van der Waals surface area contributed by atoms with Crippen LogP contribution < -0.4 is 0 Å². The molecule has 5 nitrogen and oxygen atoms in total. The zero-order chi connectivity index (χ0) is 16.0. The first-order valence-electron chi connectivity index (χ1n) is 6.89. The molecule has 0 aromatic carbocycles. The molecule has 7 heteroatoms. The Kier molecular flexibility index (Phi) is 4.21. The molecule has 1 fully saturated rings. The number of nitrogens with zero attached hydrogens (tertiary/aromatic N) is 1.